The van der Waals surface area contributed by atoms with E-state index in [1.54, 1.807) is 25.4 Å². The summed E-state index contributed by atoms with van der Waals surface area (Å²) in [6.45, 7) is 3.41. The number of furan rings is 1. The van der Waals surface area contributed by atoms with E-state index in [0.717, 1.165) is 5.56 Å². The predicted molar refractivity (Wildman–Crippen MR) is 80.2 cm³/mol. The van der Waals surface area contributed by atoms with Crippen LogP contribution in [-0.2, 0) is 17.8 Å². The van der Waals surface area contributed by atoms with Gasteiger partial charge in [0.2, 0.25) is 0 Å². The normalized spacial score (nSPS) is 10.9. The van der Waals surface area contributed by atoms with Gasteiger partial charge in [-0.25, -0.2) is 4.79 Å². The molecule has 2 rings (SSSR count). The first-order chi connectivity index (χ1) is 10.6. The summed E-state index contributed by atoms with van der Waals surface area (Å²) in [4.78, 5) is 17.7. The number of aryl methyl sites for hydroxylation is 1. The molecule has 6 nitrogen and oxygen atoms in total. The molecule has 0 unspecified atom stereocenters. The molecule has 0 fully saturated rings. The third-order valence-corrected chi connectivity index (χ3v) is 3.30. The fourth-order valence-corrected chi connectivity index (χ4v) is 2.26. The highest BCUT2D eigenvalue weighted by molar-refractivity contribution is 5.90. The minimum Gasteiger partial charge on any atom is -0.465 e. The van der Waals surface area contributed by atoms with Gasteiger partial charge in [0.15, 0.2) is 0 Å². The number of esters is 1. The number of hydrogen-bond acceptors (Lipinski definition) is 6. The highest BCUT2D eigenvalue weighted by Crippen LogP contribution is 2.18. The number of carbonyl (C=O) groups excluding carboxylic acids is 1. The predicted octanol–water partition coefficient (Wildman–Crippen LogP) is 1.76. The van der Waals surface area contributed by atoms with Crippen LogP contribution in [0.2, 0.25) is 0 Å². The van der Waals surface area contributed by atoms with E-state index in [2.05, 4.69) is 4.98 Å². The Kier molecular flexibility index (Phi) is 5.68. The molecule has 22 heavy (non-hydrogen) atoms. The highest BCUT2D eigenvalue weighted by atomic mass is 16.5. The number of rotatable bonds is 7. The summed E-state index contributed by atoms with van der Waals surface area (Å²) in [7, 11) is 1.34. The van der Waals surface area contributed by atoms with Crippen molar-refractivity contribution in [3.63, 3.8) is 0 Å². The van der Waals surface area contributed by atoms with Gasteiger partial charge in [-0.3, -0.25) is 9.88 Å². The summed E-state index contributed by atoms with van der Waals surface area (Å²) in [5, 5.41) is 9.22. The van der Waals surface area contributed by atoms with E-state index in [1.165, 1.54) is 7.11 Å². The lowest BCUT2D eigenvalue weighted by Crippen LogP contribution is -2.25. The topological polar surface area (TPSA) is 75.8 Å². The average Bonchev–Trinajstić information content (AvgIpc) is 2.88. The molecule has 0 saturated carbocycles. The molecule has 1 N–H and O–H groups in total. The van der Waals surface area contributed by atoms with Crippen LogP contribution in [0.15, 0.2) is 35.0 Å². The average molecular weight is 304 g/mol. The second-order valence-electron chi connectivity index (χ2n) is 4.97. The summed E-state index contributed by atoms with van der Waals surface area (Å²) in [5.41, 5.74) is 1.48. The smallest absolute Gasteiger partial charge is 0.341 e. The van der Waals surface area contributed by atoms with Crippen LogP contribution in [0.4, 0.5) is 0 Å². The summed E-state index contributed by atoms with van der Waals surface area (Å²) in [6, 6.07) is 5.54. The summed E-state index contributed by atoms with van der Waals surface area (Å²) >= 11 is 0. The number of methoxy groups -OCH3 is 1. The van der Waals surface area contributed by atoms with Crippen molar-refractivity contribution in [1.29, 1.82) is 0 Å². The molecule has 6 heteroatoms. The van der Waals surface area contributed by atoms with Crippen LogP contribution in [0, 0.1) is 6.92 Å². The second kappa shape index (κ2) is 7.72. The van der Waals surface area contributed by atoms with Gasteiger partial charge in [0.1, 0.15) is 17.1 Å². The van der Waals surface area contributed by atoms with E-state index in [0.29, 0.717) is 36.7 Å². The van der Waals surface area contributed by atoms with E-state index >= 15 is 0 Å². The third-order valence-electron chi connectivity index (χ3n) is 3.30. The first kappa shape index (κ1) is 16.2. The molecular weight excluding hydrogens is 284 g/mol. The van der Waals surface area contributed by atoms with Gasteiger partial charge in [-0.2, -0.15) is 0 Å². The zero-order chi connectivity index (χ0) is 15.9. The SMILES string of the molecule is COC(=O)c1cc(CN(CCO)Cc2cccnc2)oc1C. The Labute approximate surface area is 129 Å². The lowest BCUT2D eigenvalue weighted by Gasteiger charge is -2.19. The molecule has 2 heterocycles. The van der Waals surface area contributed by atoms with Gasteiger partial charge in [0.05, 0.1) is 20.3 Å². The number of aromatic nitrogens is 1. The molecule has 0 bridgehead atoms. The first-order valence-electron chi connectivity index (χ1n) is 7.03. The molecule has 2 aromatic rings. The van der Waals surface area contributed by atoms with Gasteiger partial charge in [-0.1, -0.05) is 6.07 Å². The quantitative estimate of drug-likeness (QED) is 0.786. The highest BCUT2D eigenvalue weighted by Gasteiger charge is 2.17. The molecule has 0 radical (unpaired) electrons. The minimum absolute atomic E-state index is 0.0454. The Morgan fingerprint density at radius 2 is 2.27 bits per heavy atom. The molecule has 118 valence electrons. The van der Waals surface area contributed by atoms with Crippen molar-refractivity contribution >= 4 is 5.97 Å². The molecule has 0 atom stereocenters. The molecule has 0 aliphatic heterocycles. The number of aliphatic hydroxyl groups excluding tert-OH is 1. The maximum Gasteiger partial charge on any atom is 0.341 e. The van der Waals surface area contributed by atoms with Gasteiger partial charge in [-0.05, 0) is 24.6 Å². The van der Waals surface area contributed by atoms with Crippen LogP contribution in [-0.4, -0.2) is 41.2 Å². The van der Waals surface area contributed by atoms with Crippen molar-refractivity contribution in [3.05, 3.63) is 53.2 Å². The number of ether oxygens (including phenoxy) is 1. The van der Waals surface area contributed by atoms with Crippen LogP contribution in [0.25, 0.3) is 0 Å². The molecule has 0 amide bonds. The van der Waals surface area contributed by atoms with E-state index in [-0.39, 0.29) is 6.61 Å². The number of carbonyl (C=O) groups is 1. The molecule has 0 saturated heterocycles. The van der Waals surface area contributed by atoms with Crippen LogP contribution in [0.3, 0.4) is 0 Å². The van der Waals surface area contributed by atoms with Crippen LogP contribution in [0.1, 0.15) is 27.4 Å². The van der Waals surface area contributed by atoms with Crippen molar-refractivity contribution in [2.24, 2.45) is 0 Å². The second-order valence-corrected chi connectivity index (χ2v) is 4.97. The standard InChI is InChI=1S/C16H20N2O4/c1-12-15(16(20)21-2)8-14(22-12)11-18(6-7-19)10-13-4-3-5-17-9-13/h3-5,8-9,19H,6-7,10-11H2,1-2H3. The molecule has 0 aliphatic rings. The number of nitrogens with zero attached hydrogens (tertiary/aromatic N) is 2. The molecule has 0 aromatic carbocycles. The Hall–Kier alpha value is -2.18. The lowest BCUT2D eigenvalue weighted by molar-refractivity contribution is 0.0599. The fourth-order valence-electron chi connectivity index (χ4n) is 2.26. The van der Waals surface area contributed by atoms with Crippen LogP contribution in [0.5, 0.6) is 0 Å². The maximum atomic E-state index is 11.6. The zero-order valence-electron chi connectivity index (χ0n) is 12.8. The van der Waals surface area contributed by atoms with E-state index in [9.17, 15) is 9.90 Å². The van der Waals surface area contributed by atoms with Gasteiger partial charge in [0.25, 0.3) is 0 Å². The minimum atomic E-state index is -0.409. The van der Waals surface area contributed by atoms with E-state index < -0.39 is 5.97 Å². The number of hydrogen-bond donors (Lipinski definition) is 1. The van der Waals surface area contributed by atoms with E-state index in [1.807, 2.05) is 17.0 Å². The maximum absolute atomic E-state index is 11.6. The van der Waals surface area contributed by atoms with Gasteiger partial charge in [0, 0.05) is 25.5 Å². The Balaban J connectivity index is 2.09. The monoisotopic (exact) mass is 304 g/mol. The van der Waals surface area contributed by atoms with Crippen molar-refractivity contribution < 1.29 is 19.1 Å². The van der Waals surface area contributed by atoms with E-state index in [4.69, 9.17) is 9.15 Å². The van der Waals surface area contributed by atoms with Crippen molar-refractivity contribution in [2.75, 3.05) is 20.3 Å². The first-order valence-corrected chi connectivity index (χ1v) is 7.03. The van der Waals surface area contributed by atoms with Crippen molar-refractivity contribution in [3.8, 4) is 0 Å². The largest absolute Gasteiger partial charge is 0.465 e. The summed E-state index contributed by atoms with van der Waals surface area (Å²) in [6.07, 6.45) is 3.51. The molecular formula is C16H20N2O4. The summed E-state index contributed by atoms with van der Waals surface area (Å²) < 4.78 is 10.3. The van der Waals surface area contributed by atoms with Gasteiger partial charge >= 0.3 is 5.97 Å². The third kappa shape index (κ3) is 4.16. The molecule has 0 spiro atoms. The van der Waals surface area contributed by atoms with Gasteiger partial charge < -0.3 is 14.3 Å². The fraction of sp³-hybridized carbons (Fsp3) is 0.375. The van der Waals surface area contributed by atoms with Gasteiger partial charge in [-0.15, -0.1) is 0 Å². The number of aliphatic hydroxyl groups is 1. The van der Waals surface area contributed by atoms with Crippen LogP contribution >= 0.6 is 0 Å². The van der Waals surface area contributed by atoms with Crippen molar-refractivity contribution in [1.82, 2.24) is 9.88 Å². The Morgan fingerprint density at radius 3 is 2.91 bits per heavy atom. The number of pyridine rings is 1. The van der Waals surface area contributed by atoms with Crippen molar-refractivity contribution in [2.45, 2.75) is 20.0 Å². The Morgan fingerprint density at radius 1 is 1.45 bits per heavy atom. The zero-order valence-corrected chi connectivity index (χ0v) is 12.8. The molecule has 2 aromatic heterocycles. The Bertz CT molecular complexity index is 610. The lowest BCUT2D eigenvalue weighted by atomic mass is 10.2. The van der Waals surface area contributed by atoms with Crippen LogP contribution < -0.4 is 0 Å². The summed E-state index contributed by atoms with van der Waals surface area (Å²) in [5.74, 6) is 0.788. The molecule has 0 aliphatic carbocycles.